The fourth-order valence-corrected chi connectivity index (χ4v) is 4.58. The van der Waals surface area contributed by atoms with Crippen LogP contribution in [0.3, 0.4) is 0 Å². The molecule has 2 aromatic rings. The van der Waals surface area contributed by atoms with Crippen molar-refractivity contribution in [2.24, 2.45) is 0 Å². The molecule has 1 aliphatic heterocycles. The molecule has 162 valence electrons. The summed E-state index contributed by atoms with van der Waals surface area (Å²) in [5.74, 6) is -0.411. The Hall–Kier alpha value is -2.39. The van der Waals surface area contributed by atoms with Crippen LogP contribution in [-0.2, 0) is 21.0 Å². The van der Waals surface area contributed by atoms with E-state index in [4.69, 9.17) is 0 Å². The molecule has 3 rings (SSSR count). The summed E-state index contributed by atoms with van der Waals surface area (Å²) in [5.41, 5.74) is 2.18. The lowest BCUT2D eigenvalue weighted by Crippen LogP contribution is -2.39. The van der Waals surface area contributed by atoms with Gasteiger partial charge in [0.2, 0.25) is 15.9 Å². The van der Waals surface area contributed by atoms with E-state index in [1.165, 1.54) is 0 Å². The zero-order chi connectivity index (χ0) is 22.1. The Bertz CT molecular complexity index is 1050. The average Bonchev–Trinajstić information content (AvgIpc) is 3.18. The predicted molar refractivity (Wildman–Crippen MR) is 106 cm³/mol. The zero-order valence-corrected chi connectivity index (χ0v) is 17.5. The fourth-order valence-electron chi connectivity index (χ4n) is 3.56. The molecule has 1 saturated heterocycles. The highest BCUT2D eigenvalue weighted by Gasteiger charge is 2.33. The average molecular weight is 440 g/mol. The summed E-state index contributed by atoms with van der Waals surface area (Å²) in [6.45, 7) is 3.98. The van der Waals surface area contributed by atoms with E-state index in [-0.39, 0.29) is 6.04 Å². The van der Waals surface area contributed by atoms with Crippen LogP contribution in [0, 0.1) is 13.8 Å². The Morgan fingerprint density at radius 2 is 1.87 bits per heavy atom. The number of rotatable bonds is 5. The van der Waals surface area contributed by atoms with E-state index in [0.29, 0.717) is 12.6 Å². The van der Waals surface area contributed by atoms with E-state index in [9.17, 15) is 26.4 Å². The van der Waals surface area contributed by atoms with Gasteiger partial charge in [0, 0.05) is 6.54 Å². The van der Waals surface area contributed by atoms with Crippen LogP contribution in [0.4, 0.5) is 13.2 Å². The van der Waals surface area contributed by atoms with Crippen LogP contribution in [0.5, 0.6) is 0 Å². The summed E-state index contributed by atoms with van der Waals surface area (Å²) in [7, 11) is -4.26. The standard InChI is InChI=1S/C21H23F3N2O3S/c1-14-8-9-16(11-15(14)2)19-7-4-10-26(19)20(27)13-25-30(28,29)18-6-3-5-17(12-18)21(22,23)24/h3,5-6,8-9,11-12,19,25H,4,7,10,13H2,1-2H3. The number of carbonyl (C=O) groups excluding carboxylic acids is 1. The van der Waals surface area contributed by atoms with E-state index < -0.39 is 39.1 Å². The van der Waals surface area contributed by atoms with Crippen molar-refractivity contribution in [2.45, 2.75) is 43.8 Å². The first-order valence-corrected chi connectivity index (χ1v) is 11.0. The SMILES string of the molecule is Cc1ccc(C2CCCN2C(=O)CNS(=O)(=O)c2cccc(C(F)(F)F)c2)cc1C. The lowest BCUT2D eigenvalue weighted by Gasteiger charge is -2.26. The molecule has 0 radical (unpaired) electrons. The zero-order valence-electron chi connectivity index (χ0n) is 16.7. The number of benzene rings is 2. The van der Waals surface area contributed by atoms with Gasteiger partial charge in [0.15, 0.2) is 0 Å². The summed E-state index contributed by atoms with van der Waals surface area (Å²) < 4.78 is 65.5. The Morgan fingerprint density at radius 3 is 2.53 bits per heavy atom. The van der Waals surface area contributed by atoms with Gasteiger partial charge in [-0.3, -0.25) is 4.79 Å². The van der Waals surface area contributed by atoms with Gasteiger partial charge < -0.3 is 4.90 Å². The molecule has 9 heteroatoms. The first-order valence-electron chi connectivity index (χ1n) is 9.52. The molecule has 0 aromatic heterocycles. The molecule has 2 aromatic carbocycles. The second-order valence-corrected chi connectivity index (χ2v) is 9.21. The smallest absolute Gasteiger partial charge is 0.335 e. The third-order valence-corrected chi connectivity index (χ3v) is 6.77. The maximum Gasteiger partial charge on any atom is 0.416 e. The second kappa shape index (κ2) is 8.39. The molecule has 30 heavy (non-hydrogen) atoms. The van der Waals surface area contributed by atoms with Gasteiger partial charge in [0.05, 0.1) is 23.0 Å². The summed E-state index contributed by atoms with van der Waals surface area (Å²) in [4.78, 5) is 13.8. The fraction of sp³-hybridized carbons (Fsp3) is 0.381. The van der Waals surface area contributed by atoms with Crippen LogP contribution in [-0.4, -0.2) is 32.3 Å². The number of alkyl halides is 3. The summed E-state index contributed by atoms with van der Waals surface area (Å²) in [6, 6.07) is 9.27. The van der Waals surface area contributed by atoms with Crippen LogP contribution in [0.15, 0.2) is 47.4 Å². The van der Waals surface area contributed by atoms with E-state index >= 15 is 0 Å². The molecule has 5 nitrogen and oxygen atoms in total. The summed E-state index contributed by atoms with van der Waals surface area (Å²) >= 11 is 0. The number of amides is 1. The molecule has 0 bridgehead atoms. The van der Waals surface area contributed by atoms with E-state index in [0.717, 1.165) is 47.7 Å². The van der Waals surface area contributed by atoms with Gasteiger partial charge >= 0.3 is 6.18 Å². The number of nitrogens with one attached hydrogen (secondary N) is 1. The summed E-state index contributed by atoms with van der Waals surface area (Å²) in [5, 5.41) is 0. The Labute approximate surface area is 173 Å². The Kier molecular flexibility index (Phi) is 6.24. The molecular formula is C21H23F3N2O3S. The highest BCUT2D eigenvalue weighted by atomic mass is 32.2. The molecular weight excluding hydrogens is 417 g/mol. The molecule has 0 aliphatic carbocycles. The van der Waals surface area contributed by atoms with Crippen LogP contribution in [0.25, 0.3) is 0 Å². The molecule has 0 spiro atoms. The highest BCUT2D eigenvalue weighted by molar-refractivity contribution is 7.89. The second-order valence-electron chi connectivity index (χ2n) is 7.44. The van der Waals surface area contributed by atoms with Crippen molar-refractivity contribution in [2.75, 3.05) is 13.1 Å². The number of aryl methyl sites for hydroxylation is 2. The lowest BCUT2D eigenvalue weighted by molar-refractivity contribution is -0.137. The number of carbonyl (C=O) groups is 1. The van der Waals surface area contributed by atoms with Crippen molar-refractivity contribution in [3.8, 4) is 0 Å². The number of halogens is 3. The lowest BCUT2D eigenvalue weighted by atomic mass is 9.99. The van der Waals surface area contributed by atoms with Gasteiger partial charge in [0.1, 0.15) is 0 Å². The summed E-state index contributed by atoms with van der Waals surface area (Å²) in [6.07, 6.45) is -3.09. The molecule has 0 saturated carbocycles. The van der Waals surface area contributed by atoms with Crippen molar-refractivity contribution >= 4 is 15.9 Å². The van der Waals surface area contributed by atoms with E-state index in [2.05, 4.69) is 4.72 Å². The highest BCUT2D eigenvalue weighted by Crippen LogP contribution is 2.33. The molecule has 1 fully saturated rings. The largest absolute Gasteiger partial charge is 0.416 e. The molecule has 1 unspecified atom stereocenters. The minimum Gasteiger partial charge on any atom is -0.335 e. The predicted octanol–water partition coefficient (Wildman–Crippen LogP) is 3.96. The van der Waals surface area contributed by atoms with Crippen LogP contribution < -0.4 is 4.72 Å². The van der Waals surface area contributed by atoms with Crippen LogP contribution in [0.2, 0.25) is 0 Å². The van der Waals surface area contributed by atoms with Crippen LogP contribution in [0.1, 0.15) is 41.1 Å². The normalized spacial score (nSPS) is 17.4. The molecule has 1 heterocycles. The topological polar surface area (TPSA) is 66.5 Å². The molecule has 1 amide bonds. The maximum absolute atomic E-state index is 12.9. The number of sulfonamides is 1. The Balaban J connectivity index is 1.72. The first-order chi connectivity index (χ1) is 14.0. The monoisotopic (exact) mass is 440 g/mol. The van der Waals surface area contributed by atoms with Gasteiger partial charge in [-0.05, 0) is 61.6 Å². The molecule has 1 N–H and O–H groups in total. The van der Waals surface area contributed by atoms with Gasteiger partial charge in [-0.1, -0.05) is 24.3 Å². The Morgan fingerprint density at radius 1 is 1.13 bits per heavy atom. The van der Waals surface area contributed by atoms with Gasteiger partial charge in [-0.2, -0.15) is 13.2 Å². The number of hydrogen-bond acceptors (Lipinski definition) is 3. The molecule has 1 atom stereocenters. The van der Waals surface area contributed by atoms with Crippen molar-refractivity contribution in [1.82, 2.24) is 9.62 Å². The minimum absolute atomic E-state index is 0.144. The van der Waals surface area contributed by atoms with Crippen molar-refractivity contribution in [3.05, 3.63) is 64.7 Å². The van der Waals surface area contributed by atoms with Crippen molar-refractivity contribution in [1.29, 1.82) is 0 Å². The third kappa shape index (κ3) is 4.84. The number of hydrogen-bond donors (Lipinski definition) is 1. The van der Waals surface area contributed by atoms with Crippen molar-refractivity contribution < 1.29 is 26.4 Å². The van der Waals surface area contributed by atoms with Crippen LogP contribution >= 0.6 is 0 Å². The third-order valence-electron chi connectivity index (χ3n) is 5.37. The molecule has 1 aliphatic rings. The minimum atomic E-state index is -4.66. The van der Waals surface area contributed by atoms with E-state index in [1.54, 1.807) is 4.90 Å². The first kappa shape index (κ1) is 22.3. The number of likely N-dealkylation sites (tertiary alicyclic amines) is 1. The van der Waals surface area contributed by atoms with Gasteiger partial charge in [-0.25, -0.2) is 13.1 Å². The van der Waals surface area contributed by atoms with Gasteiger partial charge in [-0.15, -0.1) is 0 Å². The van der Waals surface area contributed by atoms with Crippen molar-refractivity contribution in [3.63, 3.8) is 0 Å². The van der Waals surface area contributed by atoms with Gasteiger partial charge in [0.25, 0.3) is 0 Å². The quantitative estimate of drug-likeness (QED) is 0.765. The maximum atomic E-state index is 12.9. The number of nitrogens with zero attached hydrogens (tertiary/aromatic N) is 1. The van der Waals surface area contributed by atoms with E-state index in [1.807, 2.05) is 32.0 Å².